The van der Waals surface area contributed by atoms with Crippen molar-refractivity contribution in [1.82, 2.24) is 4.90 Å². The van der Waals surface area contributed by atoms with E-state index in [4.69, 9.17) is 0 Å². The average Bonchev–Trinajstić information content (AvgIpc) is 2.58. The Balaban J connectivity index is 2.18. The minimum Gasteiger partial charge on any atom is -0.545 e. The number of hydrogen-bond donors (Lipinski definition) is 0. The van der Waals surface area contributed by atoms with Gasteiger partial charge < -0.3 is 9.90 Å². The Morgan fingerprint density at radius 2 is 1.94 bits per heavy atom. The van der Waals surface area contributed by atoms with Gasteiger partial charge in [0.1, 0.15) is 0 Å². The number of benzene rings is 1. The highest BCUT2D eigenvalue weighted by molar-refractivity contribution is 8.18. The summed E-state index contributed by atoms with van der Waals surface area (Å²) < 4.78 is 0. The zero-order valence-corrected chi connectivity index (χ0v) is 9.98. The summed E-state index contributed by atoms with van der Waals surface area (Å²) in [4.78, 5) is 34.7. The molecule has 92 valence electrons. The lowest BCUT2D eigenvalue weighted by atomic mass is 10.2. The fourth-order valence-corrected chi connectivity index (χ4v) is 2.31. The predicted octanol–water partition coefficient (Wildman–Crippen LogP) is 0.516. The van der Waals surface area contributed by atoms with Crippen molar-refractivity contribution < 1.29 is 19.5 Å². The normalized spacial score (nSPS) is 17.6. The van der Waals surface area contributed by atoms with E-state index in [1.165, 1.54) is 0 Å². The van der Waals surface area contributed by atoms with E-state index < -0.39 is 17.1 Å². The number of carboxylic acids is 1. The minimum atomic E-state index is -1.49. The quantitative estimate of drug-likeness (QED) is 0.742. The van der Waals surface area contributed by atoms with Crippen molar-refractivity contribution in [3.05, 3.63) is 46.9 Å². The predicted molar refractivity (Wildman–Crippen MR) is 63.1 cm³/mol. The van der Waals surface area contributed by atoms with E-state index in [0.29, 0.717) is 17.8 Å². The lowest BCUT2D eigenvalue weighted by molar-refractivity contribution is -0.297. The van der Waals surface area contributed by atoms with Crippen LogP contribution < -0.4 is 5.11 Å². The molecule has 0 aliphatic carbocycles. The number of carboxylic acid groups (broad SMARTS) is 1. The van der Waals surface area contributed by atoms with Crippen LogP contribution in [0.4, 0.5) is 4.79 Å². The molecule has 0 bridgehead atoms. The molecule has 1 aliphatic heterocycles. The van der Waals surface area contributed by atoms with Crippen LogP contribution in [0.5, 0.6) is 0 Å². The first-order valence-corrected chi connectivity index (χ1v) is 5.90. The molecule has 0 radical (unpaired) electrons. The minimum absolute atomic E-state index is 0.115. The van der Waals surface area contributed by atoms with E-state index in [9.17, 15) is 19.5 Å². The molecule has 1 aromatic rings. The molecule has 0 spiro atoms. The first-order chi connectivity index (χ1) is 8.58. The first kappa shape index (κ1) is 12.4. The Bertz CT molecular complexity index is 538. The number of thioether (sulfide) groups is 1. The highest BCUT2D eigenvalue weighted by Crippen LogP contribution is 2.31. The number of aliphatic carboxylic acids is 1. The standard InChI is InChI=1S/C12H9NO4S/c14-10(15)6-9-11(16)13(12(17)18-9)7-8-4-2-1-3-5-8/h1-6H,7H2,(H,14,15)/p-1/b9-6-. The van der Waals surface area contributed by atoms with Crippen LogP contribution in [0.25, 0.3) is 0 Å². The summed E-state index contributed by atoms with van der Waals surface area (Å²) in [6.07, 6.45) is 0.649. The van der Waals surface area contributed by atoms with Crippen LogP contribution in [0.3, 0.4) is 0 Å². The average molecular weight is 262 g/mol. The van der Waals surface area contributed by atoms with Gasteiger partial charge in [-0.05, 0) is 23.4 Å². The molecule has 1 aromatic carbocycles. The molecular formula is C12H8NO4S-. The van der Waals surface area contributed by atoms with Crippen molar-refractivity contribution in [2.24, 2.45) is 0 Å². The fraction of sp³-hybridized carbons (Fsp3) is 0.0833. The van der Waals surface area contributed by atoms with Crippen molar-refractivity contribution in [2.45, 2.75) is 6.54 Å². The molecule has 1 fully saturated rings. The van der Waals surface area contributed by atoms with Gasteiger partial charge in [-0.1, -0.05) is 30.3 Å². The van der Waals surface area contributed by atoms with E-state index in [2.05, 4.69) is 0 Å². The lowest BCUT2D eigenvalue weighted by Gasteiger charge is -2.12. The number of nitrogens with zero attached hydrogens (tertiary/aromatic N) is 1. The molecule has 1 heterocycles. The third kappa shape index (κ3) is 2.60. The molecule has 0 aromatic heterocycles. The number of imide groups is 1. The van der Waals surface area contributed by atoms with Gasteiger partial charge >= 0.3 is 0 Å². The summed E-state index contributed by atoms with van der Waals surface area (Å²) in [5.74, 6) is -2.08. The van der Waals surface area contributed by atoms with Crippen molar-refractivity contribution in [1.29, 1.82) is 0 Å². The second kappa shape index (κ2) is 5.05. The molecule has 0 N–H and O–H groups in total. The topological polar surface area (TPSA) is 77.5 Å². The van der Waals surface area contributed by atoms with Gasteiger partial charge in [-0.3, -0.25) is 14.5 Å². The Morgan fingerprint density at radius 1 is 1.28 bits per heavy atom. The molecule has 6 heteroatoms. The van der Waals surface area contributed by atoms with Gasteiger partial charge in [0.25, 0.3) is 11.1 Å². The van der Waals surface area contributed by atoms with Crippen molar-refractivity contribution in [3.63, 3.8) is 0 Å². The second-order valence-electron chi connectivity index (χ2n) is 3.57. The number of amides is 2. The maximum Gasteiger partial charge on any atom is 0.293 e. The smallest absolute Gasteiger partial charge is 0.293 e. The van der Waals surface area contributed by atoms with Crippen molar-refractivity contribution in [2.75, 3.05) is 0 Å². The van der Waals surface area contributed by atoms with E-state index in [1.807, 2.05) is 6.07 Å². The summed E-state index contributed by atoms with van der Waals surface area (Å²) in [6.45, 7) is 0.135. The van der Waals surface area contributed by atoms with Crippen LogP contribution in [0.2, 0.25) is 0 Å². The zero-order valence-electron chi connectivity index (χ0n) is 9.16. The largest absolute Gasteiger partial charge is 0.545 e. The molecule has 0 saturated carbocycles. The lowest BCUT2D eigenvalue weighted by Crippen LogP contribution is -2.28. The van der Waals surface area contributed by atoms with Gasteiger partial charge in [0.05, 0.1) is 17.4 Å². The number of rotatable bonds is 3. The van der Waals surface area contributed by atoms with Crippen LogP contribution in [0, 0.1) is 0 Å². The number of carbonyl (C=O) groups is 3. The monoisotopic (exact) mass is 262 g/mol. The Labute approximate surface area is 107 Å². The number of carbonyl (C=O) groups excluding carboxylic acids is 3. The summed E-state index contributed by atoms with van der Waals surface area (Å²) >= 11 is 0.607. The van der Waals surface area contributed by atoms with Crippen LogP contribution in [-0.4, -0.2) is 22.0 Å². The first-order valence-electron chi connectivity index (χ1n) is 5.08. The molecule has 2 rings (SSSR count). The molecule has 1 aliphatic rings. The van der Waals surface area contributed by atoms with Crippen LogP contribution >= 0.6 is 11.8 Å². The molecule has 1 saturated heterocycles. The molecule has 0 unspecified atom stereocenters. The molecule has 5 nitrogen and oxygen atoms in total. The van der Waals surface area contributed by atoms with E-state index in [0.717, 1.165) is 10.5 Å². The molecular weight excluding hydrogens is 254 g/mol. The number of hydrogen-bond acceptors (Lipinski definition) is 5. The van der Waals surface area contributed by atoms with Crippen molar-refractivity contribution >= 4 is 28.9 Å². The third-order valence-corrected chi connectivity index (χ3v) is 3.21. The highest BCUT2D eigenvalue weighted by atomic mass is 32.2. The van der Waals surface area contributed by atoms with Gasteiger partial charge in [-0.15, -0.1) is 0 Å². The fourth-order valence-electron chi connectivity index (χ4n) is 1.51. The van der Waals surface area contributed by atoms with E-state index >= 15 is 0 Å². The van der Waals surface area contributed by atoms with Gasteiger partial charge in [0, 0.05) is 0 Å². The summed E-state index contributed by atoms with van der Waals surface area (Å²) in [7, 11) is 0. The molecule has 0 atom stereocenters. The Hall–Kier alpha value is -2.08. The van der Waals surface area contributed by atoms with Crippen LogP contribution in [0.1, 0.15) is 5.56 Å². The zero-order chi connectivity index (χ0) is 13.1. The van der Waals surface area contributed by atoms with Gasteiger partial charge in [0.2, 0.25) is 0 Å². The molecule has 18 heavy (non-hydrogen) atoms. The van der Waals surface area contributed by atoms with Crippen LogP contribution in [0.15, 0.2) is 41.3 Å². The Kier molecular flexibility index (Phi) is 3.47. The van der Waals surface area contributed by atoms with Gasteiger partial charge in [0.15, 0.2) is 0 Å². The maximum absolute atomic E-state index is 11.8. The van der Waals surface area contributed by atoms with Crippen LogP contribution in [-0.2, 0) is 16.1 Å². The summed E-state index contributed by atoms with van der Waals surface area (Å²) in [5.41, 5.74) is 0.800. The van der Waals surface area contributed by atoms with Gasteiger partial charge in [-0.25, -0.2) is 0 Å². The molecule has 2 amide bonds. The highest BCUT2D eigenvalue weighted by Gasteiger charge is 2.34. The SMILES string of the molecule is O=C([O-])/C=C1\SC(=O)N(Cc2ccccc2)C1=O. The maximum atomic E-state index is 11.8. The van der Waals surface area contributed by atoms with E-state index in [-0.39, 0.29) is 11.4 Å². The Morgan fingerprint density at radius 3 is 2.56 bits per heavy atom. The van der Waals surface area contributed by atoms with Gasteiger partial charge in [-0.2, -0.15) is 0 Å². The van der Waals surface area contributed by atoms with E-state index in [1.54, 1.807) is 24.3 Å². The third-order valence-electron chi connectivity index (χ3n) is 2.31. The summed E-state index contributed by atoms with van der Waals surface area (Å²) in [6, 6.07) is 8.99. The second-order valence-corrected chi connectivity index (χ2v) is 4.57. The van der Waals surface area contributed by atoms with Crippen molar-refractivity contribution in [3.8, 4) is 0 Å². The summed E-state index contributed by atoms with van der Waals surface area (Å²) in [5, 5.41) is 9.91.